The zero-order valence-electron chi connectivity index (χ0n) is 11.6. The summed E-state index contributed by atoms with van der Waals surface area (Å²) in [5, 5.41) is 0. The number of hydrogen-bond acceptors (Lipinski definition) is 3. The average molecular weight is 239 g/mol. The Morgan fingerprint density at radius 2 is 2.00 bits per heavy atom. The van der Waals surface area contributed by atoms with E-state index in [1.54, 1.807) is 0 Å². The van der Waals surface area contributed by atoms with E-state index < -0.39 is 0 Å². The first-order valence-electron chi connectivity index (χ1n) is 7.24. The van der Waals surface area contributed by atoms with Crippen molar-refractivity contribution in [2.45, 2.75) is 44.6 Å². The van der Waals surface area contributed by atoms with Gasteiger partial charge in [0, 0.05) is 19.1 Å². The highest BCUT2D eigenvalue weighted by molar-refractivity contribution is 4.89. The molecule has 1 saturated heterocycles. The lowest BCUT2D eigenvalue weighted by molar-refractivity contribution is 0.151. The highest BCUT2D eigenvalue weighted by Crippen LogP contribution is 2.37. The number of likely N-dealkylation sites (tertiary alicyclic amines) is 1. The molecule has 0 bridgehead atoms. The molecular formula is C14H29N3. The molecule has 0 aromatic carbocycles. The fraction of sp³-hybridized carbons (Fsp3) is 1.00. The van der Waals surface area contributed by atoms with Gasteiger partial charge in [-0.3, -0.25) is 0 Å². The maximum Gasteiger partial charge on any atom is 0.0220 e. The highest BCUT2D eigenvalue weighted by atomic mass is 15.2. The van der Waals surface area contributed by atoms with E-state index in [1.807, 2.05) is 0 Å². The summed E-state index contributed by atoms with van der Waals surface area (Å²) in [5.41, 5.74) is 6.45. The molecule has 1 aliphatic heterocycles. The molecule has 3 nitrogen and oxygen atoms in total. The first kappa shape index (κ1) is 13.3. The predicted octanol–water partition coefficient (Wildman–Crippen LogP) is 1.53. The van der Waals surface area contributed by atoms with E-state index in [-0.39, 0.29) is 0 Å². The van der Waals surface area contributed by atoms with E-state index in [1.165, 1.54) is 58.2 Å². The van der Waals surface area contributed by atoms with Crippen molar-refractivity contribution in [3.8, 4) is 0 Å². The van der Waals surface area contributed by atoms with Gasteiger partial charge in [0.2, 0.25) is 0 Å². The van der Waals surface area contributed by atoms with Crippen molar-refractivity contribution in [2.75, 3.05) is 40.3 Å². The smallest absolute Gasteiger partial charge is 0.0220 e. The fourth-order valence-electron chi connectivity index (χ4n) is 3.76. The molecular weight excluding hydrogens is 210 g/mol. The quantitative estimate of drug-likeness (QED) is 0.790. The Balaban J connectivity index is 1.81. The molecule has 2 N–H and O–H groups in total. The van der Waals surface area contributed by atoms with Crippen molar-refractivity contribution < 1.29 is 0 Å². The SMILES string of the molecule is CN(CC1CCCN1C)CC1(CN)CCCC1. The summed E-state index contributed by atoms with van der Waals surface area (Å²) in [6.45, 7) is 4.57. The molecule has 1 unspecified atom stereocenters. The van der Waals surface area contributed by atoms with Crippen LogP contribution >= 0.6 is 0 Å². The molecule has 1 atom stereocenters. The minimum Gasteiger partial charge on any atom is -0.330 e. The summed E-state index contributed by atoms with van der Waals surface area (Å²) >= 11 is 0. The van der Waals surface area contributed by atoms with Crippen LogP contribution in [0.2, 0.25) is 0 Å². The zero-order valence-corrected chi connectivity index (χ0v) is 11.6. The Morgan fingerprint density at radius 1 is 1.29 bits per heavy atom. The second kappa shape index (κ2) is 5.68. The van der Waals surface area contributed by atoms with Crippen LogP contribution in [0.4, 0.5) is 0 Å². The lowest BCUT2D eigenvalue weighted by Crippen LogP contribution is -2.44. The summed E-state index contributed by atoms with van der Waals surface area (Å²) in [6, 6.07) is 0.774. The van der Waals surface area contributed by atoms with Crippen LogP contribution in [0, 0.1) is 5.41 Å². The third-order valence-corrected chi connectivity index (χ3v) is 4.90. The number of rotatable bonds is 5. The number of hydrogen-bond donors (Lipinski definition) is 1. The van der Waals surface area contributed by atoms with Gasteiger partial charge in [-0.25, -0.2) is 0 Å². The maximum atomic E-state index is 6.02. The summed E-state index contributed by atoms with van der Waals surface area (Å²) in [5.74, 6) is 0. The van der Waals surface area contributed by atoms with E-state index in [9.17, 15) is 0 Å². The third kappa shape index (κ3) is 3.21. The molecule has 1 saturated carbocycles. The number of nitrogens with two attached hydrogens (primary N) is 1. The van der Waals surface area contributed by atoms with Crippen molar-refractivity contribution in [1.29, 1.82) is 0 Å². The molecule has 2 rings (SSSR count). The highest BCUT2D eigenvalue weighted by Gasteiger charge is 2.34. The molecule has 1 aliphatic carbocycles. The second-order valence-electron chi connectivity index (χ2n) is 6.38. The molecule has 2 aliphatic rings. The van der Waals surface area contributed by atoms with Gasteiger partial charge in [0.15, 0.2) is 0 Å². The Bertz CT molecular complexity index is 236. The Hall–Kier alpha value is -0.120. The van der Waals surface area contributed by atoms with Gasteiger partial charge in [-0.05, 0) is 58.3 Å². The van der Waals surface area contributed by atoms with Crippen molar-refractivity contribution in [3.63, 3.8) is 0 Å². The first-order chi connectivity index (χ1) is 8.15. The van der Waals surface area contributed by atoms with Crippen LogP contribution < -0.4 is 5.73 Å². The largest absolute Gasteiger partial charge is 0.330 e. The fourth-order valence-corrected chi connectivity index (χ4v) is 3.76. The van der Waals surface area contributed by atoms with Crippen LogP contribution in [-0.4, -0.2) is 56.1 Å². The van der Waals surface area contributed by atoms with E-state index in [0.717, 1.165) is 12.6 Å². The Labute approximate surface area is 106 Å². The van der Waals surface area contributed by atoms with E-state index >= 15 is 0 Å². The van der Waals surface area contributed by atoms with Gasteiger partial charge in [-0.15, -0.1) is 0 Å². The third-order valence-electron chi connectivity index (χ3n) is 4.90. The van der Waals surface area contributed by atoms with Gasteiger partial charge in [0.05, 0.1) is 0 Å². The predicted molar refractivity (Wildman–Crippen MR) is 73.1 cm³/mol. The molecule has 0 aromatic heterocycles. The molecule has 0 aromatic rings. The summed E-state index contributed by atoms with van der Waals surface area (Å²) < 4.78 is 0. The molecule has 17 heavy (non-hydrogen) atoms. The van der Waals surface area contributed by atoms with Crippen LogP contribution in [0.1, 0.15) is 38.5 Å². The summed E-state index contributed by atoms with van der Waals surface area (Å²) in [4.78, 5) is 5.05. The molecule has 0 radical (unpaired) electrons. The molecule has 1 heterocycles. The van der Waals surface area contributed by atoms with Crippen LogP contribution in [0.5, 0.6) is 0 Å². The molecule has 0 spiro atoms. The maximum absolute atomic E-state index is 6.02. The van der Waals surface area contributed by atoms with Gasteiger partial charge in [0.1, 0.15) is 0 Å². The van der Waals surface area contributed by atoms with Crippen molar-refractivity contribution >= 4 is 0 Å². The number of likely N-dealkylation sites (N-methyl/N-ethyl adjacent to an activating group) is 2. The minimum atomic E-state index is 0.436. The standard InChI is InChI=1S/C14H29N3/c1-16(10-13-6-5-9-17(13)2)12-14(11-15)7-3-4-8-14/h13H,3-12,15H2,1-2H3. The molecule has 3 heteroatoms. The van der Waals surface area contributed by atoms with Crippen LogP contribution in [-0.2, 0) is 0 Å². The Morgan fingerprint density at radius 3 is 2.53 bits per heavy atom. The Kier molecular flexibility index (Phi) is 4.45. The van der Waals surface area contributed by atoms with Crippen molar-refractivity contribution in [3.05, 3.63) is 0 Å². The van der Waals surface area contributed by atoms with E-state index in [2.05, 4.69) is 23.9 Å². The normalized spacial score (nSPS) is 29.3. The van der Waals surface area contributed by atoms with Crippen molar-refractivity contribution in [2.24, 2.45) is 11.1 Å². The molecule has 0 amide bonds. The molecule has 100 valence electrons. The van der Waals surface area contributed by atoms with Gasteiger partial charge in [-0.2, -0.15) is 0 Å². The molecule has 2 fully saturated rings. The van der Waals surface area contributed by atoms with Gasteiger partial charge >= 0.3 is 0 Å². The van der Waals surface area contributed by atoms with Crippen molar-refractivity contribution in [1.82, 2.24) is 9.80 Å². The monoisotopic (exact) mass is 239 g/mol. The summed E-state index contributed by atoms with van der Waals surface area (Å²) in [6.07, 6.45) is 8.19. The lowest BCUT2D eigenvalue weighted by atomic mass is 9.85. The van der Waals surface area contributed by atoms with Gasteiger partial charge in [-0.1, -0.05) is 12.8 Å². The second-order valence-corrected chi connectivity index (χ2v) is 6.38. The van der Waals surface area contributed by atoms with Crippen LogP contribution in [0.3, 0.4) is 0 Å². The minimum absolute atomic E-state index is 0.436. The van der Waals surface area contributed by atoms with E-state index in [0.29, 0.717) is 5.41 Å². The topological polar surface area (TPSA) is 32.5 Å². The number of nitrogens with zero attached hydrogens (tertiary/aromatic N) is 2. The average Bonchev–Trinajstić information content (AvgIpc) is 2.90. The zero-order chi connectivity index (χ0) is 12.3. The first-order valence-corrected chi connectivity index (χ1v) is 7.24. The summed E-state index contributed by atoms with van der Waals surface area (Å²) in [7, 11) is 4.54. The van der Waals surface area contributed by atoms with Crippen LogP contribution in [0.25, 0.3) is 0 Å². The van der Waals surface area contributed by atoms with Crippen LogP contribution in [0.15, 0.2) is 0 Å². The van der Waals surface area contributed by atoms with Gasteiger partial charge < -0.3 is 15.5 Å². The van der Waals surface area contributed by atoms with E-state index in [4.69, 9.17) is 5.73 Å². The van der Waals surface area contributed by atoms with Gasteiger partial charge in [0.25, 0.3) is 0 Å². The lowest BCUT2D eigenvalue weighted by Gasteiger charge is -2.34.